The van der Waals surface area contributed by atoms with Gasteiger partial charge in [-0.15, -0.1) is 0 Å². The average molecular weight is 297 g/mol. The molecule has 0 saturated heterocycles. The molecule has 0 aliphatic rings. The third kappa shape index (κ3) is 3.39. The first-order valence-electron chi connectivity index (χ1n) is 5.38. The van der Waals surface area contributed by atoms with Crippen molar-refractivity contribution in [3.8, 4) is 5.75 Å². The van der Waals surface area contributed by atoms with Crippen molar-refractivity contribution in [3.63, 3.8) is 0 Å². The molecule has 1 aromatic carbocycles. The van der Waals surface area contributed by atoms with Crippen LogP contribution in [-0.4, -0.2) is 9.97 Å². The minimum absolute atomic E-state index is 0.0150. The van der Waals surface area contributed by atoms with Crippen molar-refractivity contribution in [2.45, 2.75) is 6.61 Å². The van der Waals surface area contributed by atoms with Crippen LogP contribution in [0.2, 0.25) is 5.02 Å². The highest BCUT2D eigenvalue weighted by Gasteiger charge is 2.07. The van der Waals surface area contributed by atoms with E-state index in [1.165, 1.54) is 18.3 Å². The van der Waals surface area contributed by atoms with Crippen molar-refractivity contribution in [2.75, 3.05) is 0 Å². The number of rotatable bonds is 4. The van der Waals surface area contributed by atoms with Crippen LogP contribution in [0.3, 0.4) is 0 Å². The summed E-state index contributed by atoms with van der Waals surface area (Å²) >= 11 is 10.7. The molecule has 0 radical (unpaired) electrons. The van der Waals surface area contributed by atoms with Crippen molar-refractivity contribution in [1.82, 2.24) is 4.98 Å². The molecule has 0 spiro atoms. The second-order valence-corrected chi connectivity index (χ2v) is 4.61. The van der Waals surface area contributed by atoms with Gasteiger partial charge in [0, 0.05) is 29.6 Å². The molecule has 3 nitrogen and oxygen atoms in total. The van der Waals surface area contributed by atoms with Gasteiger partial charge in [-0.3, -0.25) is 4.98 Å². The number of ether oxygens (including phenoxy) is 1. The van der Waals surface area contributed by atoms with E-state index in [9.17, 15) is 4.39 Å². The highest BCUT2D eigenvalue weighted by Crippen LogP contribution is 2.20. The Morgan fingerprint density at radius 2 is 2.21 bits per heavy atom. The summed E-state index contributed by atoms with van der Waals surface area (Å²) in [5.41, 5.74) is 6.35. The van der Waals surface area contributed by atoms with Crippen LogP contribution in [0.1, 0.15) is 11.1 Å². The van der Waals surface area contributed by atoms with Gasteiger partial charge in [-0.1, -0.05) is 23.8 Å². The monoisotopic (exact) mass is 296 g/mol. The van der Waals surface area contributed by atoms with Gasteiger partial charge >= 0.3 is 0 Å². The van der Waals surface area contributed by atoms with Gasteiger partial charge in [-0.2, -0.15) is 0 Å². The molecule has 0 unspecified atom stereocenters. The van der Waals surface area contributed by atoms with Gasteiger partial charge in [0.2, 0.25) is 0 Å². The molecule has 2 aromatic rings. The van der Waals surface area contributed by atoms with E-state index in [1.54, 1.807) is 18.3 Å². The molecule has 0 amide bonds. The standard InChI is InChI=1S/C13H10ClFN2OS/c14-11-6-17-4-3-8(11)7-18-9-1-2-10(13(16)19)12(15)5-9/h1-6H,7H2,(H2,16,19). The summed E-state index contributed by atoms with van der Waals surface area (Å²) in [4.78, 5) is 3.88. The van der Waals surface area contributed by atoms with Gasteiger partial charge < -0.3 is 10.5 Å². The predicted molar refractivity (Wildman–Crippen MR) is 75.9 cm³/mol. The van der Waals surface area contributed by atoms with E-state index in [1.807, 2.05) is 0 Å². The zero-order chi connectivity index (χ0) is 13.8. The highest BCUT2D eigenvalue weighted by molar-refractivity contribution is 7.80. The molecule has 6 heteroatoms. The van der Waals surface area contributed by atoms with Crippen LogP contribution >= 0.6 is 23.8 Å². The Labute approximate surface area is 120 Å². The molecular formula is C13H10ClFN2OS. The molecule has 0 aliphatic carbocycles. The summed E-state index contributed by atoms with van der Waals surface area (Å²) in [5.74, 6) is -0.129. The van der Waals surface area contributed by atoms with Crippen molar-refractivity contribution in [3.05, 3.63) is 58.6 Å². The zero-order valence-corrected chi connectivity index (χ0v) is 11.3. The number of nitrogens with zero attached hydrogens (tertiary/aromatic N) is 1. The Bertz CT molecular complexity index is 621. The van der Waals surface area contributed by atoms with Crippen molar-refractivity contribution >= 4 is 28.8 Å². The number of nitrogens with two attached hydrogens (primary N) is 1. The molecule has 19 heavy (non-hydrogen) atoms. The Kier molecular flexibility index (Phi) is 4.29. The molecular weight excluding hydrogens is 287 g/mol. The molecule has 0 fully saturated rings. The number of hydrogen-bond donors (Lipinski definition) is 1. The molecule has 0 bridgehead atoms. The molecule has 0 atom stereocenters. The number of aromatic nitrogens is 1. The van der Waals surface area contributed by atoms with Gasteiger partial charge in [0.25, 0.3) is 0 Å². The van der Waals surface area contributed by atoms with E-state index in [0.717, 1.165) is 5.56 Å². The van der Waals surface area contributed by atoms with Gasteiger partial charge in [0.15, 0.2) is 0 Å². The van der Waals surface area contributed by atoms with Crippen LogP contribution < -0.4 is 10.5 Å². The maximum Gasteiger partial charge on any atom is 0.137 e. The van der Waals surface area contributed by atoms with E-state index in [-0.39, 0.29) is 17.2 Å². The number of thiocarbonyl (C=S) groups is 1. The number of halogens is 2. The topological polar surface area (TPSA) is 48.1 Å². The minimum Gasteiger partial charge on any atom is -0.489 e. The van der Waals surface area contributed by atoms with E-state index in [0.29, 0.717) is 10.8 Å². The zero-order valence-electron chi connectivity index (χ0n) is 9.77. The fraction of sp³-hybridized carbons (Fsp3) is 0.0769. The van der Waals surface area contributed by atoms with Crippen LogP contribution in [0.15, 0.2) is 36.7 Å². The van der Waals surface area contributed by atoms with Crippen LogP contribution in [0.5, 0.6) is 5.75 Å². The van der Waals surface area contributed by atoms with Gasteiger partial charge in [-0.05, 0) is 18.2 Å². The number of hydrogen-bond acceptors (Lipinski definition) is 3. The third-order valence-electron chi connectivity index (χ3n) is 2.46. The van der Waals surface area contributed by atoms with Crippen molar-refractivity contribution in [1.29, 1.82) is 0 Å². The van der Waals surface area contributed by atoms with Crippen LogP contribution in [0, 0.1) is 5.82 Å². The van der Waals surface area contributed by atoms with Crippen LogP contribution in [0.25, 0.3) is 0 Å². The average Bonchev–Trinajstić information content (AvgIpc) is 2.37. The van der Waals surface area contributed by atoms with Crippen LogP contribution in [0.4, 0.5) is 4.39 Å². The summed E-state index contributed by atoms with van der Waals surface area (Å²) in [5, 5.41) is 0.503. The second-order valence-electron chi connectivity index (χ2n) is 3.76. The summed E-state index contributed by atoms with van der Waals surface area (Å²) in [6, 6.07) is 6.07. The lowest BCUT2D eigenvalue weighted by atomic mass is 10.2. The molecule has 1 aromatic heterocycles. The number of pyridine rings is 1. The molecule has 2 rings (SSSR count). The molecule has 0 aliphatic heterocycles. The van der Waals surface area contributed by atoms with E-state index in [4.69, 9.17) is 34.3 Å². The fourth-order valence-corrected chi connectivity index (χ4v) is 1.81. The summed E-state index contributed by atoms with van der Waals surface area (Å²) in [7, 11) is 0. The van der Waals surface area contributed by atoms with Crippen molar-refractivity contribution in [2.24, 2.45) is 5.73 Å². The van der Waals surface area contributed by atoms with Gasteiger partial charge in [-0.25, -0.2) is 4.39 Å². The van der Waals surface area contributed by atoms with E-state index >= 15 is 0 Å². The maximum atomic E-state index is 13.6. The highest BCUT2D eigenvalue weighted by atomic mass is 35.5. The summed E-state index contributed by atoms with van der Waals surface area (Å²) in [6.45, 7) is 0.229. The molecule has 0 saturated carbocycles. The quantitative estimate of drug-likeness (QED) is 0.881. The van der Waals surface area contributed by atoms with Gasteiger partial charge in [0.1, 0.15) is 23.2 Å². The first-order valence-corrected chi connectivity index (χ1v) is 6.17. The maximum absolute atomic E-state index is 13.6. The molecule has 2 N–H and O–H groups in total. The molecule has 1 heterocycles. The summed E-state index contributed by atoms with van der Waals surface area (Å²) in [6.07, 6.45) is 3.14. The third-order valence-corrected chi connectivity index (χ3v) is 3.02. The lowest BCUT2D eigenvalue weighted by Crippen LogP contribution is -2.11. The smallest absolute Gasteiger partial charge is 0.137 e. The van der Waals surface area contributed by atoms with Gasteiger partial charge in [0.05, 0.1) is 5.02 Å². The Hall–Kier alpha value is -1.72. The fourth-order valence-electron chi connectivity index (χ4n) is 1.47. The Morgan fingerprint density at radius 1 is 1.42 bits per heavy atom. The predicted octanol–water partition coefficient (Wildman–Crippen LogP) is 3.09. The number of benzene rings is 1. The van der Waals surface area contributed by atoms with E-state index < -0.39 is 5.82 Å². The lowest BCUT2D eigenvalue weighted by molar-refractivity contribution is 0.304. The normalized spacial score (nSPS) is 10.2. The minimum atomic E-state index is -0.508. The van der Waals surface area contributed by atoms with E-state index in [2.05, 4.69) is 4.98 Å². The lowest BCUT2D eigenvalue weighted by Gasteiger charge is -2.08. The first-order chi connectivity index (χ1) is 9.08. The SMILES string of the molecule is NC(=S)c1ccc(OCc2ccncc2Cl)cc1F. The largest absolute Gasteiger partial charge is 0.489 e. The second kappa shape index (κ2) is 5.95. The Balaban J connectivity index is 2.11. The Morgan fingerprint density at radius 3 is 2.84 bits per heavy atom. The summed E-state index contributed by atoms with van der Waals surface area (Å²) < 4.78 is 19.1. The molecule has 98 valence electrons. The van der Waals surface area contributed by atoms with Crippen molar-refractivity contribution < 1.29 is 9.13 Å². The van der Waals surface area contributed by atoms with Crippen LogP contribution in [-0.2, 0) is 6.61 Å². The first kappa shape index (κ1) is 13.7.